The van der Waals surface area contributed by atoms with Crippen LogP contribution in [0.15, 0.2) is 12.3 Å². The number of aromatic nitrogens is 2. The number of rotatable bonds is 6. The van der Waals surface area contributed by atoms with Crippen LogP contribution in [0.4, 0.5) is 8.78 Å². The van der Waals surface area contributed by atoms with Crippen molar-refractivity contribution >= 4 is 0 Å². The Hall–Kier alpha value is -0.970. The SMILES string of the molecule is CCCNCc1ccnn1CC1CCC(F)(F)C1. The van der Waals surface area contributed by atoms with Crippen LogP contribution in [0.2, 0.25) is 0 Å². The average Bonchev–Trinajstić information content (AvgIpc) is 2.87. The van der Waals surface area contributed by atoms with Gasteiger partial charge in [-0.25, -0.2) is 8.78 Å². The maximum atomic E-state index is 13.1. The Kier molecular flexibility index (Phi) is 4.32. The highest BCUT2D eigenvalue weighted by Crippen LogP contribution is 2.39. The molecule has 0 aliphatic heterocycles. The monoisotopic (exact) mass is 257 g/mol. The first-order valence-electron chi connectivity index (χ1n) is 6.70. The molecule has 1 aliphatic carbocycles. The van der Waals surface area contributed by atoms with E-state index < -0.39 is 5.92 Å². The van der Waals surface area contributed by atoms with E-state index in [1.165, 1.54) is 0 Å². The van der Waals surface area contributed by atoms with E-state index in [2.05, 4.69) is 17.3 Å². The van der Waals surface area contributed by atoms with Crippen molar-refractivity contribution in [3.63, 3.8) is 0 Å². The molecule has 0 radical (unpaired) electrons. The maximum absolute atomic E-state index is 13.1. The highest BCUT2D eigenvalue weighted by Gasteiger charge is 2.39. The van der Waals surface area contributed by atoms with Gasteiger partial charge in [0.2, 0.25) is 5.92 Å². The lowest BCUT2D eigenvalue weighted by Gasteiger charge is -2.13. The Labute approximate surface area is 107 Å². The second-order valence-electron chi connectivity index (χ2n) is 5.15. The van der Waals surface area contributed by atoms with E-state index in [9.17, 15) is 8.78 Å². The van der Waals surface area contributed by atoms with Crippen LogP contribution in [-0.2, 0) is 13.1 Å². The molecule has 0 aromatic carbocycles. The smallest absolute Gasteiger partial charge is 0.248 e. The average molecular weight is 257 g/mol. The fourth-order valence-electron chi connectivity index (χ4n) is 2.51. The fraction of sp³-hybridized carbons (Fsp3) is 0.769. The largest absolute Gasteiger partial charge is 0.311 e. The van der Waals surface area contributed by atoms with Crippen LogP contribution < -0.4 is 5.32 Å². The highest BCUT2D eigenvalue weighted by molar-refractivity contribution is 5.00. The second-order valence-corrected chi connectivity index (χ2v) is 5.15. The minimum Gasteiger partial charge on any atom is -0.311 e. The Bertz CT molecular complexity index is 376. The van der Waals surface area contributed by atoms with Crippen molar-refractivity contribution in [3.8, 4) is 0 Å². The molecule has 18 heavy (non-hydrogen) atoms. The van der Waals surface area contributed by atoms with Crippen LogP contribution in [0.1, 0.15) is 38.3 Å². The Balaban J connectivity index is 1.88. The summed E-state index contributed by atoms with van der Waals surface area (Å²) in [6.45, 7) is 4.46. The molecule has 1 aromatic heterocycles. The molecular formula is C13H21F2N3. The molecule has 1 heterocycles. The fourth-order valence-corrected chi connectivity index (χ4v) is 2.51. The second kappa shape index (κ2) is 5.78. The summed E-state index contributed by atoms with van der Waals surface area (Å²) in [4.78, 5) is 0. The van der Waals surface area contributed by atoms with E-state index in [-0.39, 0.29) is 18.8 Å². The normalized spacial score (nSPS) is 22.5. The summed E-state index contributed by atoms with van der Waals surface area (Å²) >= 11 is 0. The summed E-state index contributed by atoms with van der Waals surface area (Å²) in [5.74, 6) is -2.40. The Morgan fingerprint density at radius 1 is 1.56 bits per heavy atom. The molecule has 5 heteroatoms. The quantitative estimate of drug-likeness (QED) is 0.794. The first-order chi connectivity index (χ1) is 8.61. The van der Waals surface area contributed by atoms with Crippen molar-refractivity contribution in [1.29, 1.82) is 0 Å². The summed E-state index contributed by atoms with van der Waals surface area (Å²) < 4.78 is 28.1. The molecule has 1 aliphatic rings. The molecule has 0 amide bonds. The zero-order chi connectivity index (χ0) is 13.0. The van der Waals surface area contributed by atoms with Gasteiger partial charge in [0, 0.05) is 32.1 Å². The zero-order valence-corrected chi connectivity index (χ0v) is 10.8. The molecule has 3 nitrogen and oxygen atoms in total. The van der Waals surface area contributed by atoms with Gasteiger partial charge in [0.15, 0.2) is 0 Å². The molecule has 1 aromatic rings. The van der Waals surface area contributed by atoms with E-state index in [1.807, 2.05) is 10.7 Å². The minimum atomic E-state index is -2.46. The van der Waals surface area contributed by atoms with Gasteiger partial charge in [-0.2, -0.15) is 5.10 Å². The summed E-state index contributed by atoms with van der Waals surface area (Å²) in [6, 6.07) is 1.95. The number of nitrogens with one attached hydrogen (secondary N) is 1. The molecule has 102 valence electrons. The molecule has 0 saturated heterocycles. The van der Waals surface area contributed by atoms with Crippen molar-refractivity contribution < 1.29 is 8.78 Å². The van der Waals surface area contributed by atoms with E-state index >= 15 is 0 Å². The summed E-state index contributed by atoms with van der Waals surface area (Å²) in [6.07, 6.45) is 3.48. The lowest BCUT2D eigenvalue weighted by molar-refractivity contribution is 0.00418. The van der Waals surface area contributed by atoms with Gasteiger partial charge in [-0.05, 0) is 31.4 Å². The number of halogens is 2. The predicted molar refractivity (Wildman–Crippen MR) is 66.5 cm³/mol. The Morgan fingerprint density at radius 2 is 2.39 bits per heavy atom. The number of nitrogens with zero attached hydrogens (tertiary/aromatic N) is 2. The highest BCUT2D eigenvalue weighted by atomic mass is 19.3. The molecule has 2 rings (SSSR count). The van der Waals surface area contributed by atoms with Gasteiger partial charge >= 0.3 is 0 Å². The standard InChI is InChI=1S/C13H21F2N3/c1-2-6-16-9-12-4-7-17-18(12)10-11-3-5-13(14,15)8-11/h4,7,11,16H,2-3,5-6,8-10H2,1H3. The number of alkyl halides is 2. The Morgan fingerprint density at radius 3 is 3.06 bits per heavy atom. The van der Waals surface area contributed by atoms with Gasteiger partial charge in [0.05, 0.1) is 5.69 Å². The van der Waals surface area contributed by atoms with Crippen molar-refractivity contribution in [3.05, 3.63) is 18.0 Å². The molecule has 1 unspecified atom stereocenters. The summed E-state index contributed by atoms with van der Waals surface area (Å²) in [5.41, 5.74) is 1.08. The zero-order valence-electron chi connectivity index (χ0n) is 10.8. The minimum absolute atomic E-state index is 0.00862. The van der Waals surface area contributed by atoms with E-state index in [1.54, 1.807) is 6.20 Å². The van der Waals surface area contributed by atoms with E-state index in [0.717, 1.165) is 25.2 Å². The van der Waals surface area contributed by atoms with Crippen molar-refractivity contribution in [1.82, 2.24) is 15.1 Å². The summed E-state index contributed by atoms with van der Waals surface area (Å²) in [7, 11) is 0. The molecule has 0 bridgehead atoms. The molecule has 0 spiro atoms. The molecule has 1 saturated carbocycles. The molecular weight excluding hydrogens is 236 g/mol. The van der Waals surface area contributed by atoms with Crippen molar-refractivity contribution in [2.75, 3.05) is 6.54 Å². The van der Waals surface area contributed by atoms with E-state index in [0.29, 0.717) is 13.0 Å². The van der Waals surface area contributed by atoms with Gasteiger partial charge in [-0.1, -0.05) is 6.92 Å². The third kappa shape index (κ3) is 3.51. The van der Waals surface area contributed by atoms with Crippen LogP contribution in [0.3, 0.4) is 0 Å². The van der Waals surface area contributed by atoms with Crippen molar-refractivity contribution in [2.45, 2.75) is 51.6 Å². The molecule has 1 atom stereocenters. The van der Waals surface area contributed by atoms with Gasteiger partial charge in [-0.3, -0.25) is 4.68 Å². The van der Waals surface area contributed by atoms with Crippen LogP contribution in [0, 0.1) is 5.92 Å². The van der Waals surface area contributed by atoms with Gasteiger partial charge in [-0.15, -0.1) is 0 Å². The van der Waals surface area contributed by atoms with Gasteiger partial charge in [0.1, 0.15) is 0 Å². The molecule has 1 N–H and O–H groups in total. The number of hydrogen-bond donors (Lipinski definition) is 1. The summed E-state index contributed by atoms with van der Waals surface area (Å²) in [5, 5.41) is 7.55. The predicted octanol–water partition coefficient (Wildman–Crippen LogP) is 2.82. The maximum Gasteiger partial charge on any atom is 0.248 e. The van der Waals surface area contributed by atoms with Gasteiger partial charge < -0.3 is 5.32 Å². The third-order valence-electron chi connectivity index (χ3n) is 3.47. The van der Waals surface area contributed by atoms with Crippen LogP contribution in [-0.4, -0.2) is 22.2 Å². The lowest BCUT2D eigenvalue weighted by Crippen LogP contribution is -2.20. The first-order valence-corrected chi connectivity index (χ1v) is 6.70. The topological polar surface area (TPSA) is 29.9 Å². The third-order valence-corrected chi connectivity index (χ3v) is 3.47. The van der Waals surface area contributed by atoms with Crippen molar-refractivity contribution in [2.24, 2.45) is 5.92 Å². The van der Waals surface area contributed by atoms with Crippen LogP contribution in [0.5, 0.6) is 0 Å². The first kappa shape index (κ1) is 13.5. The van der Waals surface area contributed by atoms with Gasteiger partial charge in [0.25, 0.3) is 0 Å². The number of hydrogen-bond acceptors (Lipinski definition) is 2. The lowest BCUT2D eigenvalue weighted by atomic mass is 10.1. The molecule has 1 fully saturated rings. The van der Waals surface area contributed by atoms with E-state index in [4.69, 9.17) is 0 Å². The van der Waals surface area contributed by atoms with Crippen LogP contribution in [0.25, 0.3) is 0 Å². The van der Waals surface area contributed by atoms with Crippen LogP contribution >= 0.6 is 0 Å².